The fraction of sp³-hybridized carbons (Fsp3) is 1.00. The Bertz CT molecular complexity index is 360. The van der Waals surface area contributed by atoms with E-state index >= 15 is 0 Å². The Kier molecular flexibility index (Phi) is 22.7. The molecule has 10 heteroatoms. The molecular formula is C21H46O10. The van der Waals surface area contributed by atoms with Gasteiger partial charge in [-0.3, -0.25) is 0 Å². The van der Waals surface area contributed by atoms with Crippen LogP contribution in [-0.4, -0.2) is 119 Å². The zero-order valence-electron chi connectivity index (χ0n) is 19.1. The summed E-state index contributed by atoms with van der Waals surface area (Å²) >= 11 is 0. The molecule has 0 radical (unpaired) electrons. The molecule has 0 aliphatic carbocycles. The lowest BCUT2D eigenvalue weighted by Crippen LogP contribution is -2.35. The van der Waals surface area contributed by atoms with Crippen LogP contribution in [0.3, 0.4) is 0 Å². The summed E-state index contributed by atoms with van der Waals surface area (Å²) in [5.74, 6) is 0. The van der Waals surface area contributed by atoms with E-state index in [0.29, 0.717) is 51.6 Å². The van der Waals surface area contributed by atoms with E-state index in [1.807, 2.05) is 6.92 Å². The van der Waals surface area contributed by atoms with Gasteiger partial charge in [0.05, 0.1) is 70.7 Å². The van der Waals surface area contributed by atoms with Crippen molar-refractivity contribution in [2.75, 3.05) is 53.4 Å². The minimum atomic E-state index is -0.732. The maximum atomic E-state index is 9.66. The van der Waals surface area contributed by atoms with Crippen molar-refractivity contribution in [2.45, 2.75) is 76.3 Å². The third kappa shape index (κ3) is 18.8. The van der Waals surface area contributed by atoms with Crippen molar-refractivity contribution in [1.82, 2.24) is 0 Å². The molecule has 0 saturated carbocycles. The second-order valence-corrected chi connectivity index (χ2v) is 7.98. The van der Waals surface area contributed by atoms with Gasteiger partial charge in [-0.2, -0.15) is 0 Å². The highest BCUT2D eigenvalue weighted by atomic mass is 16.5. The first-order chi connectivity index (χ1) is 14.7. The molecule has 8 N–H and O–H groups in total. The summed E-state index contributed by atoms with van der Waals surface area (Å²) in [6, 6.07) is 0. The number of aliphatic hydroxyl groups is 8. The van der Waals surface area contributed by atoms with Crippen molar-refractivity contribution in [3.05, 3.63) is 0 Å². The average Bonchev–Trinajstić information content (AvgIpc) is 2.77. The predicted molar refractivity (Wildman–Crippen MR) is 115 cm³/mol. The van der Waals surface area contributed by atoms with Gasteiger partial charge in [-0.1, -0.05) is 6.92 Å². The molecule has 0 heterocycles. The van der Waals surface area contributed by atoms with Crippen LogP contribution in [0.4, 0.5) is 0 Å². The molecule has 0 rings (SSSR count). The fourth-order valence-corrected chi connectivity index (χ4v) is 2.60. The Morgan fingerprint density at radius 2 is 1.10 bits per heavy atom. The van der Waals surface area contributed by atoms with Crippen molar-refractivity contribution in [1.29, 1.82) is 0 Å². The first-order valence-corrected chi connectivity index (χ1v) is 11.0. The van der Waals surface area contributed by atoms with Gasteiger partial charge in [-0.25, -0.2) is 0 Å². The van der Waals surface area contributed by atoms with Gasteiger partial charge in [-0.15, -0.1) is 0 Å². The maximum Gasteiger partial charge on any atom is 0.0773 e. The Morgan fingerprint density at radius 3 is 1.45 bits per heavy atom. The number of ether oxygens (including phenoxy) is 2. The lowest BCUT2D eigenvalue weighted by Gasteiger charge is -2.28. The van der Waals surface area contributed by atoms with Gasteiger partial charge < -0.3 is 50.3 Å². The normalized spacial score (nSPS) is 15.7. The van der Waals surface area contributed by atoms with E-state index in [1.165, 1.54) is 7.11 Å². The van der Waals surface area contributed by atoms with Crippen molar-refractivity contribution in [2.24, 2.45) is 5.41 Å². The minimum Gasteiger partial charge on any atom is -0.396 e. The summed E-state index contributed by atoms with van der Waals surface area (Å²) in [6.07, 6.45) is 1.47. The monoisotopic (exact) mass is 458 g/mol. The molecule has 0 aromatic rings. The largest absolute Gasteiger partial charge is 0.396 e. The SMILES string of the molecule is CCC(CO)(CO)COCC(O)CCCC(O)CO.COCC(O)CCCC(O)CO. The molecule has 190 valence electrons. The van der Waals surface area contributed by atoms with Gasteiger partial charge >= 0.3 is 0 Å². The molecule has 0 amide bonds. The topological polar surface area (TPSA) is 180 Å². The lowest BCUT2D eigenvalue weighted by molar-refractivity contribution is -0.0537. The summed E-state index contributed by atoms with van der Waals surface area (Å²) in [5.41, 5.74) is -0.646. The second-order valence-electron chi connectivity index (χ2n) is 7.98. The third-order valence-corrected chi connectivity index (χ3v) is 5.07. The van der Waals surface area contributed by atoms with Crippen LogP contribution in [0.5, 0.6) is 0 Å². The van der Waals surface area contributed by atoms with Crippen molar-refractivity contribution in [3.63, 3.8) is 0 Å². The van der Waals surface area contributed by atoms with E-state index in [4.69, 9.17) is 35.0 Å². The molecule has 0 aliphatic rings. The van der Waals surface area contributed by atoms with Crippen LogP contribution in [0, 0.1) is 5.41 Å². The molecule has 0 spiro atoms. The summed E-state index contributed by atoms with van der Waals surface area (Å²) in [7, 11) is 1.53. The summed E-state index contributed by atoms with van der Waals surface area (Å²) < 4.78 is 10.1. The summed E-state index contributed by atoms with van der Waals surface area (Å²) in [6.45, 7) is 1.75. The van der Waals surface area contributed by atoms with E-state index in [-0.39, 0.29) is 39.6 Å². The molecule has 31 heavy (non-hydrogen) atoms. The van der Waals surface area contributed by atoms with Crippen LogP contribution in [0.15, 0.2) is 0 Å². The zero-order valence-corrected chi connectivity index (χ0v) is 19.1. The number of methoxy groups -OCH3 is 1. The predicted octanol–water partition coefficient (Wildman–Crippen LogP) is -1.21. The molecular weight excluding hydrogens is 412 g/mol. The summed E-state index contributed by atoms with van der Waals surface area (Å²) in [5, 5.41) is 72.4. The van der Waals surface area contributed by atoms with E-state index in [0.717, 1.165) is 0 Å². The van der Waals surface area contributed by atoms with Gasteiger partial charge in [0.15, 0.2) is 0 Å². The quantitative estimate of drug-likeness (QED) is 0.117. The molecule has 0 aromatic heterocycles. The van der Waals surface area contributed by atoms with E-state index in [2.05, 4.69) is 0 Å². The molecule has 10 nitrogen and oxygen atoms in total. The van der Waals surface area contributed by atoms with Crippen LogP contribution < -0.4 is 0 Å². The molecule has 4 unspecified atom stereocenters. The highest BCUT2D eigenvalue weighted by Crippen LogP contribution is 2.21. The van der Waals surface area contributed by atoms with Crippen LogP contribution in [-0.2, 0) is 9.47 Å². The van der Waals surface area contributed by atoms with Crippen molar-refractivity contribution < 1.29 is 50.3 Å². The van der Waals surface area contributed by atoms with Crippen LogP contribution in [0.25, 0.3) is 0 Å². The molecule has 0 bridgehead atoms. The zero-order chi connectivity index (χ0) is 24.1. The first-order valence-electron chi connectivity index (χ1n) is 11.0. The van der Waals surface area contributed by atoms with Crippen molar-refractivity contribution >= 4 is 0 Å². The van der Waals surface area contributed by atoms with Gasteiger partial charge in [0, 0.05) is 12.5 Å². The minimum absolute atomic E-state index is 0.136. The van der Waals surface area contributed by atoms with Crippen LogP contribution in [0.2, 0.25) is 0 Å². The van der Waals surface area contributed by atoms with Gasteiger partial charge in [0.25, 0.3) is 0 Å². The Labute approximate surface area is 186 Å². The number of hydrogen-bond acceptors (Lipinski definition) is 10. The Hall–Kier alpha value is -0.400. The van der Waals surface area contributed by atoms with Crippen LogP contribution in [0.1, 0.15) is 51.9 Å². The van der Waals surface area contributed by atoms with Crippen molar-refractivity contribution in [3.8, 4) is 0 Å². The second kappa shape index (κ2) is 21.4. The molecule has 0 aliphatic heterocycles. The highest BCUT2D eigenvalue weighted by Gasteiger charge is 2.27. The molecule has 0 fully saturated rings. The average molecular weight is 459 g/mol. The smallest absolute Gasteiger partial charge is 0.0773 e. The molecule has 0 aromatic carbocycles. The van der Waals surface area contributed by atoms with Gasteiger partial charge in [0.1, 0.15) is 0 Å². The van der Waals surface area contributed by atoms with E-state index in [9.17, 15) is 15.3 Å². The standard InChI is InChI=1S/C13H28O6.C8H18O4/c1-2-13(8-15,9-16)10-19-7-12(18)5-3-4-11(17)6-14;1-12-6-8(11)4-2-3-7(10)5-9/h11-12,14-18H,2-10H2,1H3;7-11H,2-6H2,1H3. The summed E-state index contributed by atoms with van der Waals surface area (Å²) in [4.78, 5) is 0. The first kappa shape index (κ1) is 32.8. The number of aliphatic hydroxyl groups excluding tert-OH is 8. The van der Waals surface area contributed by atoms with Crippen LogP contribution >= 0.6 is 0 Å². The fourth-order valence-electron chi connectivity index (χ4n) is 2.60. The lowest BCUT2D eigenvalue weighted by atomic mass is 9.88. The van der Waals surface area contributed by atoms with E-state index < -0.39 is 29.8 Å². The Morgan fingerprint density at radius 1 is 0.677 bits per heavy atom. The number of rotatable bonds is 19. The molecule has 0 saturated heterocycles. The third-order valence-electron chi connectivity index (χ3n) is 5.07. The number of hydrogen-bond donors (Lipinski definition) is 8. The van der Waals surface area contributed by atoms with E-state index in [1.54, 1.807) is 0 Å². The Balaban J connectivity index is 0. The van der Waals surface area contributed by atoms with Gasteiger partial charge in [-0.05, 0) is 44.9 Å². The van der Waals surface area contributed by atoms with Gasteiger partial charge in [0.2, 0.25) is 0 Å². The maximum absolute atomic E-state index is 9.66. The molecule has 4 atom stereocenters. The highest BCUT2D eigenvalue weighted by molar-refractivity contribution is 4.76.